The van der Waals surface area contributed by atoms with Crippen molar-refractivity contribution in [2.75, 3.05) is 13.2 Å². The molecule has 0 fully saturated rings. The second kappa shape index (κ2) is 40.3. The van der Waals surface area contributed by atoms with Crippen LogP contribution in [0.4, 0.5) is 0 Å². The molecule has 0 aromatic carbocycles. The quantitative estimate of drug-likeness (QED) is 0.0400. The number of hydrogen-bond acceptors (Lipinski definition) is 5. The van der Waals surface area contributed by atoms with Crippen LogP contribution < -0.4 is 0 Å². The number of esters is 2. The fraction of sp³-hybridized carbons (Fsp3) is 0.773. The summed E-state index contributed by atoms with van der Waals surface area (Å²) in [7, 11) is 0. The van der Waals surface area contributed by atoms with E-state index in [1.54, 1.807) is 0 Å². The van der Waals surface area contributed by atoms with E-state index in [0.29, 0.717) is 19.3 Å². The first kappa shape index (κ1) is 46.9. The molecule has 0 rings (SSSR count). The summed E-state index contributed by atoms with van der Waals surface area (Å²) in [5, 5.41) is 9.56. The molecule has 1 N–H and O–H groups in total. The Balaban J connectivity index is 3.62. The fourth-order valence-corrected chi connectivity index (χ4v) is 5.72. The molecule has 0 aliphatic heterocycles. The molecule has 1 atom stereocenters. The molecule has 0 heterocycles. The zero-order valence-corrected chi connectivity index (χ0v) is 32.2. The zero-order chi connectivity index (χ0) is 35.7. The van der Waals surface area contributed by atoms with E-state index in [9.17, 15) is 14.7 Å². The monoisotopic (exact) mass is 687 g/mol. The van der Waals surface area contributed by atoms with Gasteiger partial charge in [-0.05, 0) is 51.4 Å². The van der Waals surface area contributed by atoms with E-state index in [4.69, 9.17) is 9.47 Å². The number of ether oxygens (including phenoxy) is 2. The first-order valence-corrected chi connectivity index (χ1v) is 20.7. The van der Waals surface area contributed by atoms with Crippen molar-refractivity contribution in [1.29, 1.82) is 0 Å². The predicted molar refractivity (Wildman–Crippen MR) is 210 cm³/mol. The predicted octanol–water partition coefficient (Wildman–Crippen LogP) is 13.0. The van der Waals surface area contributed by atoms with E-state index >= 15 is 0 Å². The topological polar surface area (TPSA) is 72.8 Å². The van der Waals surface area contributed by atoms with Gasteiger partial charge >= 0.3 is 11.9 Å². The van der Waals surface area contributed by atoms with Gasteiger partial charge in [-0.15, -0.1) is 0 Å². The third kappa shape index (κ3) is 38.5. The Morgan fingerprint density at radius 2 is 0.837 bits per heavy atom. The maximum Gasteiger partial charge on any atom is 0.306 e. The second-order valence-corrected chi connectivity index (χ2v) is 13.7. The smallest absolute Gasteiger partial charge is 0.306 e. The van der Waals surface area contributed by atoms with E-state index in [2.05, 4.69) is 62.5 Å². The number of allylic oxidation sites excluding steroid dienone is 8. The van der Waals surface area contributed by atoms with Crippen molar-refractivity contribution in [1.82, 2.24) is 0 Å². The summed E-state index contributed by atoms with van der Waals surface area (Å²) in [6.07, 6.45) is 50.4. The number of hydrogen-bond donors (Lipinski definition) is 1. The highest BCUT2D eigenvalue weighted by Crippen LogP contribution is 2.15. The largest absolute Gasteiger partial charge is 0.462 e. The van der Waals surface area contributed by atoms with Crippen LogP contribution in [0.5, 0.6) is 0 Å². The van der Waals surface area contributed by atoms with Crippen molar-refractivity contribution in [3.05, 3.63) is 48.6 Å². The maximum absolute atomic E-state index is 12.2. The molecule has 5 heteroatoms. The van der Waals surface area contributed by atoms with Gasteiger partial charge in [-0.3, -0.25) is 9.59 Å². The van der Waals surface area contributed by atoms with Gasteiger partial charge < -0.3 is 14.6 Å². The summed E-state index contributed by atoms with van der Waals surface area (Å²) in [5.41, 5.74) is 0. The molecule has 0 amide bonds. The number of carbonyl (C=O) groups excluding carboxylic acids is 2. The number of unbranched alkanes of at least 4 members (excludes halogenated alkanes) is 21. The summed E-state index contributed by atoms with van der Waals surface area (Å²) in [5.74, 6) is -0.652. The number of aliphatic hydroxyl groups is 1. The highest BCUT2D eigenvalue weighted by Gasteiger charge is 2.16. The lowest BCUT2D eigenvalue weighted by molar-refractivity contribution is -0.161. The molecule has 0 saturated carbocycles. The standard InChI is InChI=1S/C44H78O5/c1-3-5-7-9-11-13-15-17-19-21-23-25-27-29-31-33-35-37-39-44(47)49-42(40-45)41-48-43(46)38-36-34-32-30-28-26-24-22-20-18-16-14-12-10-8-6-4-2/h12,14,18,20,24,26,30,32,42,45H,3-11,13,15-17,19,21-23,25,27-29,31,33-41H2,1-2H3/b14-12-,20-18-,26-24-,32-30-/t42-/m0/s1. The summed E-state index contributed by atoms with van der Waals surface area (Å²) < 4.78 is 10.6. The van der Waals surface area contributed by atoms with Gasteiger partial charge in [0.2, 0.25) is 0 Å². The van der Waals surface area contributed by atoms with E-state index in [-0.39, 0.29) is 25.2 Å². The van der Waals surface area contributed by atoms with E-state index in [1.807, 2.05) is 0 Å². The molecule has 0 radical (unpaired) electrons. The third-order valence-corrected chi connectivity index (χ3v) is 8.88. The van der Waals surface area contributed by atoms with Crippen molar-refractivity contribution >= 4 is 11.9 Å². The SMILES string of the molecule is CCCCC/C=C\C/C=C\C/C=C\C/C=C\CCCC(=O)OC[C@H](CO)OC(=O)CCCCCCCCCCCCCCCCCCCC. The van der Waals surface area contributed by atoms with E-state index in [0.717, 1.165) is 44.9 Å². The van der Waals surface area contributed by atoms with Crippen molar-refractivity contribution in [3.63, 3.8) is 0 Å². The minimum atomic E-state index is -0.791. The Bertz CT molecular complexity index is 827. The van der Waals surface area contributed by atoms with Gasteiger partial charge in [-0.2, -0.15) is 0 Å². The average molecular weight is 687 g/mol. The molecule has 0 spiro atoms. The molecular weight excluding hydrogens is 608 g/mol. The van der Waals surface area contributed by atoms with Crippen LogP contribution >= 0.6 is 0 Å². The van der Waals surface area contributed by atoms with Crippen molar-refractivity contribution in [2.24, 2.45) is 0 Å². The Morgan fingerprint density at radius 3 is 1.29 bits per heavy atom. The summed E-state index contributed by atoms with van der Waals surface area (Å²) in [6, 6.07) is 0. The highest BCUT2D eigenvalue weighted by atomic mass is 16.6. The minimum Gasteiger partial charge on any atom is -0.462 e. The van der Waals surface area contributed by atoms with Gasteiger partial charge in [0.05, 0.1) is 6.61 Å². The lowest BCUT2D eigenvalue weighted by Crippen LogP contribution is -2.28. The van der Waals surface area contributed by atoms with Gasteiger partial charge in [0, 0.05) is 12.8 Å². The fourth-order valence-electron chi connectivity index (χ4n) is 5.72. The molecule has 284 valence electrons. The third-order valence-electron chi connectivity index (χ3n) is 8.88. The second-order valence-electron chi connectivity index (χ2n) is 13.7. The van der Waals surface area contributed by atoms with Gasteiger partial charge in [-0.1, -0.05) is 184 Å². The number of carbonyl (C=O) groups is 2. The molecular formula is C44H78O5. The summed E-state index contributed by atoms with van der Waals surface area (Å²) in [4.78, 5) is 24.3. The minimum absolute atomic E-state index is 0.0927. The number of rotatable bonds is 37. The van der Waals surface area contributed by atoms with Crippen LogP contribution in [0.3, 0.4) is 0 Å². The van der Waals surface area contributed by atoms with E-state index < -0.39 is 6.10 Å². The molecule has 0 unspecified atom stereocenters. The molecule has 0 saturated heterocycles. The first-order chi connectivity index (χ1) is 24.1. The highest BCUT2D eigenvalue weighted by molar-refractivity contribution is 5.70. The maximum atomic E-state index is 12.2. The van der Waals surface area contributed by atoms with Crippen LogP contribution in [0, 0.1) is 0 Å². The van der Waals surface area contributed by atoms with Crippen molar-refractivity contribution < 1.29 is 24.2 Å². The lowest BCUT2D eigenvalue weighted by Gasteiger charge is -2.15. The Hall–Kier alpha value is -2.14. The molecule has 0 aromatic heterocycles. The number of aliphatic hydroxyl groups excluding tert-OH is 1. The van der Waals surface area contributed by atoms with E-state index in [1.165, 1.54) is 122 Å². The van der Waals surface area contributed by atoms with Crippen molar-refractivity contribution in [2.45, 2.75) is 206 Å². The van der Waals surface area contributed by atoms with Crippen LogP contribution in [0.2, 0.25) is 0 Å². The van der Waals surface area contributed by atoms with Gasteiger partial charge in [-0.25, -0.2) is 0 Å². The van der Waals surface area contributed by atoms with Gasteiger partial charge in [0.15, 0.2) is 6.10 Å². The normalized spacial score (nSPS) is 12.6. The molecule has 0 aromatic rings. The van der Waals surface area contributed by atoms with Crippen LogP contribution in [0.25, 0.3) is 0 Å². The molecule has 49 heavy (non-hydrogen) atoms. The van der Waals surface area contributed by atoms with Gasteiger partial charge in [0.1, 0.15) is 6.61 Å². The summed E-state index contributed by atoms with van der Waals surface area (Å²) in [6.45, 7) is 4.07. The Kier molecular flexibility index (Phi) is 38.5. The molecule has 0 aliphatic rings. The van der Waals surface area contributed by atoms with Crippen LogP contribution in [0.15, 0.2) is 48.6 Å². The van der Waals surface area contributed by atoms with Crippen LogP contribution in [-0.2, 0) is 19.1 Å². The molecule has 0 aliphatic carbocycles. The molecule has 5 nitrogen and oxygen atoms in total. The van der Waals surface area contributed by atoms with Crippen LogP contribution in [0.1, 0.15) is 200 Å². The Labute approximate surface area is 303 Å². The average Bonchev–Trinajstić information content (AvgIpc) is 3.10. The first-order valence-electron chi connectivity index (χ1n) is 20.7. The lowest BCUT2D eigenvalue weighted by atomic mass is 10.0. The van der Waals surface area contributed by atoms with Crippen molar-refractivity contribution in [3.8, 4) is 0 Å². The zero-order valence-electron chi connectivity index (χ0n) is 32.2. The van der Waals surface area contributed by atoms with Crippen LogP contribution in [-0.4, -0.2) is 36.4 Å². The Morgan fingerprint density at radius 1 is 0.469 bits per heavy atom. The molecule has 0 bridgehead atoms. The van der Waals surface area contributed by atoms with Gasteiger partial charge in [0.25, 0.3) is 0 Å². The summed E-state index contributed by atoms with van der Waals surface area (Å²) >= 11 is 0.